The second kappa shape index (κ2) is 8.56. The third-order valence-corrected chi connectivity index (χ3v) is 3.48. The topological polar surface area (TPSA) is 67.4 Å². The first-order chi connectivity index (χ1) is 10.7. The fraction of sp³-hybridized carbons (Fsp3) is 0.556. The number of nitrogens with one attached hydrogen (secondary N) is 2. The molecule has 1 aromatic rings. The van der Waals surface area contributed by atoms with Crippen LogP contribution in [0.25, 0.3) is 0 Å². The van der Waals surface area contributed by atoms with E-state index in [-0.39, 0.29) is 11.8 Å². The molecule has 0 aromatic heterocycles. The first-order valence-corrected chi connectivity index (χ1v) is 8.04. The lowest BCUT2D eigenvalue weighted by molar-refractivity contribution is -0.124. The third kappa shape index (κ3) is 7.17. The van der Waals surface area contributed by atoms with E-state index in [2.05, 4.69) is 10.6 Å². The Labute approximate surface area is 138 Å². The number of carbonyl (C=O) groups excluding carboxylic acids is 2. The van der Waals surface area contributed by atoms with Crippen LogP contribution in [0.2, 0.25) is 0 Å². The zero-order chi connectivity index (χ0) is 17.5. The molecule has 0 radical (unpaired) electrons. The molecule has 5 heteroatoms. The molecule has 5 nitrogen and oxygen atoms in total. The van der Waals surface area contributed by atoms with Crippen molar-refractivity contribution in [3.63, 3.8) is 0 Å². The molecule has 0 bridgehead atoms. The number of carbonyl (C=O) groups is 2. The van der Waals surface area contributed by atoms with Crippen LogP contribution in [0.15, 0.2) is 30.3 Å². The highest BCUT2D eigenvalue weighted by Crippen LogP contribution is 2.11. The minimum absolute atomic E-state index is 0.0123. The lowest BCUT2D eigenvalue weighted by atomic mass is 9.98. The first-order valence-electron chi connectivity index (χ1n) is 8.04. The Hall–Kier alpha value is -2.04. The van der Waals surface area contributed by atoms with E-state index in [0.29, 0.717) is 6.54 Å². The number of rotatable bonds is 6. The van der Waals surface area contributed by atoms with E-state index in [1.807, 2.05) is 44.2 Å². The Kier molecular flexibility index (Phi) is 7.07. The molecular weight excluding hydrogens is 292 g/mol. The van der Waals surface area contributed by atoms with E-state index in [9.17, 15) is 9.59 Å². The molecule has 0 heterocycles. The standard InChI is InChI=1S/C18H28N2O3/c1-6-13(2)15(20-17(22)23-18(3,4)5)16(21)19-12-14-10-8-7-9-11-14/h7-11,13,15H,6,12H2,1-5H3,(H,19,21)(H,20,22). The summed E-state index contributed by atoms with van der Waals surface area (Å²) in [7, 11) is 0. The number of ether oxygens (including phenoxy) is 1. The SMILES string of the molecule is CCC(C)C(NC(=O)OC(C)(C)C)C(=O)NCc1ccccc1. The number of alkyl carbamates (subject to hydrolysis) is 1. The molecule has 0 aliphatic carbocycles. The number of hydrogen-bond donors (Lipinski definition) is 2. The molecule has 1 rings (SSSR count). The Morgan fingerprint density at radius 3 is 2.30 bits per heavy atom. The molecular formula is C18H28N2O3. The zero-order valence-corrected chi connectivity index (χ0v) is 14.7. The van der Waals surface area contributed by atoms with Crippen LogP contribution < -0.4 is 10.6 Å². The molecule has 2 atom stereocenters. The van der Waals surface area contributed by atoms with Gasteiger partial charge in [-0.3, -0.25) is 4.79 Å². The average Bonchev–Trinajstić information content (AvgIpc) is 2.49. The molecule has 0 spiro atoms. The summed E-state index contributed by atoms with van der Waals surface area (Å²) in [5, 5.41) is 5.56. The van der Waals surface area contributed by atoms with Crippen molar-refractivity contribution in [1.29, 1.82) is 0 Å². The molecule has 2 unspecified atom stereocenters. The van der Waals surface area contributed by atoms with Crippen LogP contribution in [-0.4, -0.2) is 23.6 Å². The van der Waals surface area contributed by atoms with Crippen LogP contribution in [0, 0.1) is 5.92 Å². The summed E-state index contributed by atoms with van der Waals surface area (Å²) in [6.07, 6.45) is 0.205. The molecule has 2 amide bonds. The molecule has 2 N–H and O–H groups in total. The summed E-state index contributed by atoms with van der Waals surface area (Å²) in [6.45, 7) is 9.73. The zero-order valence-electron chi connectivity index (χ0n) is 14.7. The second-order valence-electron chi connectivity index (χ2n) is 6.71. The molecule has 0 aliphatic rings. The van der Waals surface area contributed by atoms with E-state index in [0.717, 1.165) is 12.0 Å². The Morgan fingerprint density at radius 1 is 1.17 bits per heavy atom. The van der Waals surface area contributed by atoms with Gasteiger partial charge in [0.15, 0.2) is 0 Å². The van der Waals surface area contributed by atoms with Crippen LogP contribution >= 0.6 is 0 Å². The summed E-state index contributed by atoms with van der Waals surface area (Å²) < 4.78 is 5.25. The minimum atomic E-state index is -0.612. The van der Waals surface area contributed by atoms with Gasteiger partial charge in [0.1, 0.15) is 11.6 Å². The summed E-state index contributed by atoms with van der Waals surface area (Å²) in [5.41, 5.74) is 0.422. The van der Waals surface area contributed by atoms with Gasteiger partial charge in [0.05, 0.1) is 0 Å². The smallest absolute Gasteiger partial charge is 0.408 e. The normalized spacial score (nSPS) is 13.8. The maximum atomic E-state index is 12.4. The quantitative estimate of drug-likeness (QED) is 0.845. The van der Waals surface area contributed by atoms with Crippen LogP contribution in [0.4, 0.5) is 4.79 Å². The number of benzene rings is 1. The van der Waals surface area contributed by atoms with Crippen LogP contribution in [0.5, 0.6) is 0 Å². The Bertz CT molecular complexity index is 509. The molecule has 0 aliphatic heterocycles. The van der Waals surface area contributed by atoms with Crippen molar-refractivity contribution in [2.75, 3.05) is 0 Å². The summed E-state index contributed by atoms with van der Waals surface area (Å²) in [4.78, 5) is 24.4. The van der Waals surface area contributed by atoms with Crippen LogP contribution in [0.3, 0.4) is 0 Å². The number of amides is 2. The van der Waals surface area contributed by atoms with Crippen molar-refractivity contribution in [3.05, 3.63) is 35.9 Å². The molecule has 0 saturated heterocycles. The Balaban J connectivity index is 2.65. The highest BCUT2D eigenvalue weighted by atomic mass is 16.6. The highest BCUT2D eigenvalue weighted by Gasteiger charge is 2.27. The second-order valence-corrected chi connectivity index (χ2v) is 6.71. The fourth-order valence-corrected chi connectivity index (χ4v) is 2.03. The van der Waals surface area contributed by atoms with E-state index >= 15 is 0 Å². The van der Waals surface area contributed by atoms with Gasteiger partial charge in [0, 0.05) is 6.54 Å². The minimum Gasteiger partial charge on any atom is -0.444 e. The van der Waals surface area contributed by atoms with Crippen LogP contribution in [0.1, 0.15) is 46.6 Å². The van der Waals surface area contributed by atoms with Crippen molar-refractivity contribution in [1.82, 2.24) is 10.6 Å². The Morgan fingerprint density at radius 2 is 1.78 bits per heavy atom. The van der Waals surface area contributed by atoms with Gasteiger partial charge in [-0.25, -0.2) is 4.79 Å². The molecule has 1 aromatic carbocycles. The van der Waals surface area contributed by atoms with Crippen molar-refractivity contribution >= 4 is 12.0 Å². The highest BCUT2D eigenvalue weighted by molar-refractivity contribution is 5.85. The van der Waals surface area contributed by atoms with Crippen molar-refractivity contribution < 1.29 is 14.3 Å². The van der Waals surface area contributed by atoms with E-state index in [1.165, 1.54) is 0 Å². The van der Waals surface area contributed by atoms with Crippen molar-refractivity contribution in [2.45, 2.75) is 59.2 Å². The lowest BCUT2D eigenvalue weighted by Gasteiger charge is -2.26. The largest absolute Gasteiger partial charge is 0.444 e. The summed E-state index contributed by atoms with van der Waals surface area (Å²) >= 11 is 0. The monoisotopic (exact) mass is 320 g/mol. The molecule has 0 fully saturated rings. The van der Waals surface area contributed by atoms with Crippen molar-refractivity contribution in [2.24, 2.45) is 5.92 Å². The number of hydrogen-bond acceptors (Lipinski definition) is 3. The van der Waals surface area contributed by atoms with Gasteiger partial charge in [0.25, 0.3) is 0 Å². The summed E-state index contributed by atoms with van der Waals surface area (Å²) in [5.74, 6) is -0.188. The lowest BCUT2D eigenvalue weighted by Crippen LogP contribution is -2.51. The molecule has 128 valence electrons. The molecule has 23 heavy (non-hydrogen) atoms. The maximum absolute atomic E-state index is 12.4. The predicted octanol–water partition coefficient (Wildman–Crippen LogP) is 3.24. The van der Waals surface area contributed by atoms with Crippen LogP contribution in [-0.2, 0) is 16.1 Å². The van der Waals surface area contributed by atoms with Gasteiger partial charge in [0.2, 0.25) is 5.91 Å². The van der Waals surface area contributed by atoms with Gasteiger partial charge in [-0.15, -0.1) is 0 Å². The first kappa shape index (κ1) is 19.0. The van der Waals surface area contributed by atoms with Gasteiger partial charge in [-0.2, -0.15) is 0 Å². The van der Waals surface area contributed by atoms with E-state index in [1.54, 1.807) is 20.8 Å². The fourth-order valence-electron chi connectivity index (χ4n) is 2.03. The maximum Gasteiger partial charge on any atom is 0.408 e. The van der Waals surface area contributed by atoms with Gasteiger partial charge in [-0.1, -0.05) is 50.6 Å². The van der Waals surface area contributed by atoms with E-state index in [4.69, 9.17) is 4.74 Å². The molecule has 0 saturated carbocycles. The predicted molar refractivity (Wildman–Crippen MR) is 90.9 cm³/mol. The van der Waals surface area contributed by atoms with E-state index < -0.39 is 17.7 Å². The van der Waals surface area contributed by atoms with Gasteiger partial charge >= 0.3 is 6.09 Å². The van der Waals surface area contributed by atoms with Gasteiger partial charge in [-0.05, 0) is 32.3 Å². The third-order valence-electron chi connectivity index (χ3n) is 3.48. The summed E-state index contributed by atoms with van der Waals surface area (Å²) in [6, 6.07) is 9.05. The average molecular weight is 320 g/mol. The van der Waals surface area contributed by atoms with Crippen molar-refractivity contribution in [3.8, 4) is 0 Å². The van der Waals surface area contributed by atoms with Gasteiger partial charge < -0.3 is 15.4 Å².